The average molecular weight is 319 g/mol. The number of thiol groups is 1. The van der Waals surface area contributed by atoms with Crippen molar-refractivity contribution in [1.82, 2.24) is 4.98 Å². The first kappa shape index (κ1) is 11.6. The Morgan fingerprint density at radius 3 is 2.31 bits per heavy atom. The quantitative estimate of drug-likeness (QED) is 0.832. The Morgan fingerprint density at radius 1 is 1.25 bits per heavy atom. The van der Waals surface area contributed by atoms with Crippen LogP contribution in [0, 0.1) is 0 Å². The van der Waals surface area contributed by atoms with Gasteiger partial charge < -0.3 is 5.73 Å². The smallest absolute Gasteiger partial charge is 0.181 e. The third-order valence-corrected chi connectivity index (χ3v) is 4.21. The lowest BCUT2D eigenvalue weighted by atomic mass is 10.2. The summed E-state index contributed by atoms with van der Waals surface area (Å²) < 4.78 is 22.3. The first-order valence-electron chi connectivity index (χ1n) is 4.24. The van der Waals surface area contributed by atoms with E-state index in [1.54, 1.807) is 24.3 Å². The molecule has 2 rings (SSSR count). The van der Waals surface area contributed by atoms with Gasteiger partial charge in [0, 0.05) is 5.56 Å². The van der Waals surface area contributed by atoms with Crippen molar-refractivity contribution >= 4 is 43.1 Å². The number of nitrogens with two attached hydrogens (primary N) is 1. The maximum Gasteiger partial charge on any atom is 0.181 e. The normalized spacial score (nSPS) is 10.9. The Hall–Kier alpha value is -0.920. The van der Waals surface area contributed by atoms with Crippen molar-refractivity contribution in [2.24, 2.45) is 0 Å². The zero-order valence-electron chi connectivity index (χ0n) is 7.88. The molecule has 0 radical (unpaired) electrons. The summed E-state index contributed by atoms with van der Waals surface area (Å²) in [4.78, 5) is 4.44. The van der Waals surface area contributed by atoms with Crippen LogP contribution >= 0.6 is 27.3 Å². The summed E-state index contributed by atoms with van der Waals surface area (Å²) in [5, 5.41) is 0.473. The second-order valence-electron chi connectivity index (χ2n) is 2.98. The Morgan fingerprint density at radius 2 is 1.88 bits per heavy atom. The summed E-state index contributed by atoms with van der Waals surface area (Å²) >= 11 is 4.70. The number of halogens is 1. The lowest BCUT2D eigenvalue weighted by Gasteiger charge is -1.97. The summed E-state index contributed by atoms with van der Waals surface area (Å²) in [6, 6.07) is 6.51. The fourth-order valence-corrected chi connectivity index (χ4v) is 3.02. The molecule has 2 aromatic rings. The highest BCUT2D eigenvalue weighted by molar-refractivity contribution is 9.11. The molecule has 0 fully saturated rings. The van der Waals surface area contributed by atoms with Crippen molar-refractivity contribution in [2.75, 3.05) is 5.73 Å². The lowest BCUT2D eigenvalue weighted by Crippen LogP contribution is -1.84. The SMILES string of the molecule is Nc1nc(-c2ccc([SH](=O)=O)cc2)c(Br)s1. The molecule has 7 heteroatoms. The van der Waals surface area contributed by atoms with Crippen LogP contribution in [0.5, 0.6) is 0 Å². The molecule has 4 nitrogen and oxygen atoms in total. The van der Waals surface area contributed by atoms with Crippen molar-refractivity contribution in [2.45, 2.75) is 4.90 Å². The van der Waals surface area contributed by atoms with Gasteiger partial charge in [0.1, 0.15) is 0 Å². The van der Waals surface area contributed by atoms with Crippen molar-refractivity contribution in [1.29, 1.82) is 0 Å². The fraction of sp³-hybridized carbons (Fsp3) is 0. The Kier molecular flexibility index (Phi) is 3.27. The minimum Gasteiger partial charge on any atom is -0.375 e. The van der Waals surface area contributed by atoms with E-state index in [1.165, 1.54) is 11.3 Å². The number of rotatable bonds is 2. The first-order valence-corrected chi connectivity index (χ1v) is 7.03. The third kappa shape index (κ3) is 2.26. The molecule has 0 aliphatic rings. The summed E-state index contributed by atoms with van der Waals surface area (Å²) in [5.41, 5.74) is 7.14. The maximum atomic E-state index is 10.7. The summed E-state index contributed by atoms with van der Waals surface area (Å²) in [6.45, 7) is 0. The number of thiazole rings is 1. The van der Waals surface area contributed by atoms with Gasteiger partial charge in [0.2, 0.25) is 0 Å². The molecular weight excluding hydrogens is 312 g/mol. The average Bonchev–Trinajstić information content (AvgIpc) is 2.58. The number of hydrogen-bond acceptors (Lipinski definition) is 5. The molecule has 0 atom stereocenters. The van der Waals surface area contributed by atoms with Crippen LogP contribution in [-0.2, 0) is 10.7 Å². The Balaban J connectivity index is 2.46. The minimum atomic E-state index is -2.53. The van der Waals surface area contributed by atoms with E-state index in [4.69, 9.17) is 5.73 Å². The summed E-state index contributed by atoms with van der Waals surface area (Å²) in [6.07, 6.45) is 0. The van der Waals surface area contributed by atoms with E-state index in [-0.39, 0.29) is 4.90 Å². The van der Waals surface area contributed by atoms with Crippen molar-refractivity contribution in [3.63, 3.8) is 0 Å². The predicted molar refractivity (Wildman–Crippen MR) is 68.2 cm³/mol. The van der Waals surface area contributed by atoms with Gasteiger partial charge in [0.05, 0.1) is 14.4 Å². The van der Waals surface area contributed by atoms with E-state index in [1.807, 2.05) is 0 Å². The molecule has 84 valence electrons. The van der Waals surface area contributed by atoms with E-state index in [0.717, 1.165) is 15.0 Å². The highest BCUT2D eigenvalue weighted by atomic mass is 79.9. The van der Waals surface area contributed by atoms with Gasteiger partial charge in [-0.2, -0.15) is 0 Å². The van der Waals surface area contributed by atoms with Crippen LogP contribution in [0.4, 0.5) is 5.13 Å². The van der Waals surface area contributed by atoms with Crippen LogP contribution < -0.4 is 5.73 Å². The van der Waals surface area contributed by atoms with Crippen LogP contribution in [0.1, 0.15) is 0 Å². The van der Waals surface area contributed by atoms with Gasteiger partial charge in [0.25, 0.3) is 0 Å². The second kappa shape index (κ2) is 4.52. The molecule has 2 N–H and O–H groups in total. The van der Waals surface area contributed by atoms with Crippen molar-refractivity contribution in [3.8, 4) is 11.3 Å². The largest absolute Gasteiger partial charge is 0.375 e. The Bertz CT molecular complexity index is 582. The van der Waals surface area contributed by atoms with E-state index in [0.29, 0.717) is 5.13 Å². The number of aromatic nitrogens is 1. The molecule has 0 aliphatic carbocycles. The third-order valence-electron chi connectivity index (χ3n) is 1.95. The molecule has 0 amide bonds. The van der Waals surface area contributed by atoms with Gasteiger partial charge in [0.15, 0.2) is 15.8 Å². The highest BCUT2D eigenvalue weighted by Gasteiger charge is 2.09. The van der Waals surface area contributed by atoms with Gasteiger partial charge in [-0.05, 0) is 28.1 Å². The molecule has 0 bridgehead atoms. The van der Waals surface area contributed by atoms with Crippen LogP contribution in [0.15, 0.2) is 32.9 Å². The number of anilines is 1. The van der Waals surface area contributed by atoms with Crippen molar-refractivity contribution < 1.29 is 8.42 Å². The zero-order chi connectivity index (χ0) is 11.7. The molecule has 1 heterocycles. The molecule has 0 spiro atoms. The first-order chi connectivity index (χ1) is 7.58. The number of benzene rings is 1. The van der Waals surface area contributed by atoms with Crippen LogP contribution in [0.25, 0.3) is 11.3 Å². The molecule has 0 unspecified atom stereocenters. The van der Waals surface area contributed by atoms with Gasteiger partial charge in [-0.15, -0.1) is 0 Å². The number of nitrogens with zero attached hydrogens (tertiary/aromatic N) is 1. The van der Waals surface area contributed by atoms with Gasteiger partial charge in [-0.1, -0.05) is 23.5 Å². The standard InChI is InChI=1S/C9H7BrN2O2S2/c10-8-7(12-9(11)15-8)5-1-3-6(4-2-5)16(13)14/h1-4,16H,(H2,11,12). The molecule has 0 saturated carbocycles. The molecule has 0 aliphatic heterocycles. The molecule has 0 saturated heterocycles. The predicted octanol–water partition coefficient (Wildman–Crippen LogP) is 2.13. The maximum absolute atomic E-state index is 10.7. The molecule has 1 aromatic carbocycles. The van der Waals surface area contributed by atoms with Crippen LogP contribution in [-0.4, -0.2) is 13.4 Å². The highest BCUT2D eigenvalue weighted by Crippen LogP contribution is 2.34. The number of hydrogen-bond donors (Lipinski definition) is 2. The minimum absolute atomic E-state index is 0.290. The van der Waals surface area contributed by atoms with Gasteiger partial charge in [-0.3, -0.25) is 0 Å². The summed E-state index contributed by atoms with van der Waals surface area (Å²) in [7, 11) is -2.53. The number of nitrogen functional groups attached to an aromatic ring is 1. The van der Waals surface area contributed by atoms with E-state index < -0.39 is 10.7 Å². The topological polar surface area (TPSA) is 73.0 Å². The van der Waals surface area contributed by atoms with E-state index >= 15 is 0 Å². The molecule has 16 heavy (non-hydrogen) atoms. The summed E-state index contributed by atoms with van der Waals surface area (Å²) in [5.74, 6) is 0. The molecular formula is C9H7BrN2O2S2. The van der Waals surface area contributed by atoms with Crippen molar-refractivity contribution in [3.05, 3.63) is 28.1 Å². The molecule has 1 aromatic heterocycles. The van der Waals surface area contributed by atoms with Gasteiger partial charge >= 0.3 is 0 Å². The zero-order valence-corrected chi connectivity index (χ0v) is 11.2. The van der Waals surface area contributed by atoms with Crippen LogP contribution in [0.3, 0.4) is 0 Å². The fourth-order valence-electron chi connectivity index (χ4n) is 1.24. The van der Waals surface area contributed by atoms with E-state index in [2.05, 4.69) is 20.9 Å². The van der Waals surface area contributed by atoms with E-state index in [9.17, 15) is 8.42 Å². The van der Waals surface area contributed by atoms with Gasteiger partial charge in [-0.25, -0.2) is 13.4 Å². The second-order valence-corrected chi connectivity index (χ2v) is 6.36. The monoisotopic (exact) mass is 318 g/mol. The van der Waals surface area contributed by atoms with Crippen LogP contribution in [0.2, 0.25) is 0 Å². The Labute approximate surface area is 106 Å². The lowest BCUT2D eigenvalue weighted by molar-refractivity contribution is 0.614.